The highest BCUT2D eigenvalue weighted by Crippen LogP contribution is 2.26. The molecule has 1 atom stereocenters. The molecule has 0 saturated carbocycles. The molecule has 0 saturated heterocycles. The lowest BCUT2D eigenvalue weighted by atomic mass is 10.0. The van der Waals surface area contributed by atoms with Crippen molar-refractivity contribution < 1.29 is 19.4 Å². The third kappa shape index (κ3) is 2.36. The maximum atomic E-state index is 13.7. The predicted octanol–water partition coefficient (Wildman–Crippen LogP) is 2.01. The smallest absolute Gasteiger partial charge is 0.337 e. The normalized spacial score (nSPS) is 12.1. The van der Waals surface area contributed by atoms with Gasteiger partial charge >= 0.3 is 5.97 Å². The number of halogens is 1. The van der Waals surface area contributed by atoms with E-state index in [2.05, 4.69) is 4.98 Å². The average Bonchev–Trinajstić information content (AvgIpc) is 2.39. The Morgan fingerprint density at radius 2 is 1.89 bits per heavy atom. The Morgan fingerprint density at radius 1 is 1.22 bits per heavy atom. The molecule has 2 aromatic rings. The quantitative estimate of drug-likeness (QED) is 0.870. The lowest BCUT2D eigenvalue weighted by molar-refractivity contribution is -0.146. The number of aromatic nitrogens is 1. The number of nitrogens with zero attached hydrogens (tertiary/aromatic N) is 1. The number of aliphatic carboxylic acids is 1. The molecular weight excluding hydrogens is 237 g/mol. The molecule has 0 spiro atoms. The second-order valence-corrected chi connectivity index (χ2v) is 3.72. The van der Waals surface area contributed by atoms with Crippen molar-refractivity contribution in [2.75, 3.05) is 0 Å². The molecule has 2 N–H and O–H groups in total. The molecule has 0 radical (unpaired) electrons. The highest BCUT2D eigenvalue weighted by Gasteiger charge is 2.17. The Bertz CT molecular complexity index is 572. The van der Waals surface area contributed by atoms with Crippen LogP contribution in [0.25, 0.3) is 11.1 Å². The van der Waals surface area contributed by atoms with Gasteiger partial charge in [-0.15, -0.1) is 0 Å². The first-order valence-corrected chi connectivity index (χ1v) is 5.20. The van der Waals surface area contributed by atoms with Gasteiger partial charge in [-0.25, -0.2) is 9.18 Å². The van der Waals surface area contributed by atoms with Crippen LogP contribution in [-0.4, -0.2) is 21.2 Å². The van der Waals surface area contributed by atoms with Crippen molar-refractivity contribution in [1.29, 1.82) is 0 Å². The fourth-order valence-corrected chi connectivity index (χ4v) is 1.61. The van der Waals surface area contributed by atoms with E-state index in [1.165, 1.54) is 24.5 Å². The van der Waals surface area contributed by atoms with Gasteiger partial charge in [-0.3, -0.25) is 4.98 Å². The van der Waals surface area contributed by atoms with Crippen LogP contribution in [0.4, 0.5) is 4.39 Å². The number of carboxylic acids is 1. The van der Waals surface area contributed by atoms with Crippen LogP contribution in [0.2, 0.25) is 0 Å². The molecule has 2 rings (SSSR count). The molecule has 4 nitrogen and oxygen atoms in total. The van der Waals surface area contributed by atoms with E-state index in [0.717, 1.165) is 6.07 Å². The van der Waals surface area contributed by atoms with Crippen molar-refractivity contribution in [3.8, 4) is 11.1 Å². The van der Waals surface area contributed by atoms with Crippen LogP contribution in [0, 0.1) is 5.82 Å². The zero-order valence-corrected chi connectivity index (χ0v) is 9.25. The second kappa shape index (κ2) is 4.93. The first-order chi connectivity index (χ1) is 8.59. The van der Waals surface area contributed by atoms with E-state index in [-0.39, 0.29) is 11.1 Å². The molecule has 0 aliphatic heterocycles. The van der Waals surface area contributed by atoms with Crippen molar-refractivity contribution in [3.63, 3.8) is 0 Å². The monoisotopic (exact) mass is 247 g/mol. The van der Waals surface area contributed by atoms with Crippen LogP contribution in [0.5, 0.6) is 0 Å². The first kappa shape index (κ1) is 12.2. The minimum absolute atomic E-state index is 0.135. The zero-order valence-electron chi connectivity index (χ0n) is 9.25. The number of carbonyl (C=O) groups is 1. The van der Waals surface area contributed by atoms with E-state index < -0.39 is 17.9 Å². The number of aliphatic hydroxyl groups excluding tert-OH is 1. The summed E-state index contributed by atoms with van der Waals surface area (Å²) < 4.78 is 13.7. The highest BCUT2D eigenvalue weighted by atomic mass is 19.1. The van der Waals surface area contributed by atoms with Crippen molar-refractivity contribution in [2.24, 2.45) is 0 Å². The van der Waals surface area contributed by atoms with Crippen molar-refractivity contribution in [1.82, 2.24) is 4.98 Å². The van der Waals surface area contributed by atoms with Gasteiger partial charge in [0.25, 0.3) is 0 Å². The molecule has 92 valence electrons. The Hall–Kier alpha value is -2.27. The largest absolute Gasteiger partial charge is 0.479 e. The summed E-state index contributed by atoms with van der Waals surface area (Å²) in [4.78, 5) is 14.5. The summed E-state index contributed by atoms with van der Waals surface area (Å²) in [5.41, 5.74) is 0.938. The number of carboxylic acid groups (broad SMARTS) is 1. The first-order valence-electron chi connectivity index (χ1n) is 5.20. The molecule has 0 bridgehead atoms. The van der Waals surface area contributed by atoms with Crippen LogP contribution < -0.4 is 0 Å². The Kier molecular flexibility index (Phi) is 3.34. The van der Waals surface area contributed by atoms with Crippen LogP contribution in [0.3, 0.4) is 0 Å². The summed E-state index contributed by atoms with van der Waals surface area (Å²) in [7, 11) is 0. The number of aliphatic hydroxyl groups is 1. The number of hydrogen-bond acceptors (Lipinski definition) is 3. The predicted molar refractivity (Wildman–Crippen MR) is 62.2 cm³/mol. The summed E-state index contributed by atoms with van der Waals surface area (Å²) in [6.45, 7) is 0. The Balaban J connectivity index is 2.49. The van der Waals surface area contributed by atoms with Gasteiger partial charge in [0.2, 0.25) is 0 Å². The molecule has 0 amide bonds. The van der Waals surface area contributed by atoms with E-state index in [1.54, 1.807) is 12.1 Å². The third-order valence-electron chi connectivity index (χ3n) is 2.53. The molecule has 0 fully saturated rings. The maximum Gasteiger partial charge on any atom is 0.337 e. The third-order valence-corrected chi connectivity index (χ3v) is 2.53. The van der Waals surface area contributed by atoms with Crippen LogP contribution >= 0.6 is 0 Å². The van der Waals surface area contributed by atoms with Gasteiger partial charge in [0, 0.05) is 18.0 Å². The topological polar surface area (TPSA) is 70.4 Å². The SMILES string of the molecule is O=C(O)C(O)c1ccc(F)c(-c2ccncc2)c1. The molecule has 0 aliphatic carbocycles. The zero-order chi connectivity index (χ0) is 13.1. The second-order valence-electron chi connectivity index (χ2n) is 3.72. The van der Waals surface area contributed by atoms with E-state index in [0.29, 0.717) is 5.56 Å². The summed E-state index contributed by atoms with van der Waals surface area (Å²) in [5, 5.41) is 18.1. The van der Waals surface area contributed by atoms with Gasteiger partial charge in [0.1, 0.15) is 5.82 Å². The number of pyridine rings is 1. The number of hydrogen-bond donors (Lipinski definition) is 2. The van der Waals surface area contributed by atoms with E-state index in [4.69, 9.17) is 5.11 Å². The van der Waals surface area contributed by atoms with E-state index in [1.807, 2.05) is 0 Å². The Labute approximate surface area is 102 Å². The summed E-state index contributed by atoms with van der Waals surface area (Å²) >= 11 is 0. The van der Waals surface area contributed by atoms with Gasteiger partial charge < -0.3 is 10.2 Å². The molecule has 1 heterocycles. The van der Waals surface area contributed by atoms with Crippen LogP contribution in [0.1, 0.15) is 11.7 Å². The van der Waals surface area contributed by atoms with E-state index >= 15 is 0 Å². The minimum Gasteiger partial charge on any atom is -0.479 e. The summed E-state index contributed by atoms with van der Waals surface area (Å²) in [5.74, 6) is -1.86. The van der Waals surface area contributed by atoms with Crippen LogP contribution in [-0.2, 0) is 4.79 Å². The maximum absolute atomic E-state index is 13.7. The van der Waals surface area contributed by atoms with Crippen LogP contribution in [0.15, 0.2) is 42.7 Å². The van der Waals surface area contributed by atoms with E-state index in [9.17, 15) is 14.3 Å². The lowest BCUT2D eigenvalue weighted by Crippen LogP contribution is -2.10. The van der Waals surface area contributed by atoms with Gasteiger partial charge in [0.15, 0.2) is 6.10 Å². The van der Waals surface area contributed by atoms with Gasteiger partial charge in [-0.2, -0.15) is 0 Å². The molecule has 5 heteroatoms. The summed E-state index contributed by atoms with van der Waals surface area (Å²) in [6, 6.07) is 6.92. The Morgan fingerprint density at radius 3 is 2.50 bits per heavy atom. The highest BCUT2D eigenvalue weighted by molar-refractivity contribution is 5.75. The van der Waals surface area contributed by atoms with Gasteiger partial charge in [-0.1, -0.05) is 6.07 Å². The fourth-order valence-electron chi connectivity index (χ4n) is 1.61. The average molecular weight is 247 g/mol. The molecule has 18 heavy (non-hydrogen) atoms. The van der Waals surface area contributed by atoms with Crippen molar-refractivity contribution in [2.45, 2.75) is 6.10 Å². The number of rotatable bonds is 3. The number of benzene rings is 1. The summed E-state index contributed by atoms with van der Waals surface area (Å²) in [6.07, 6.45) is 1.36. The molecule has 1 aromatic heterocycles. The fraction of sp³-hybridized carbons (Fsp3) is 0.0769. The standard InChI is InChI=1S/C13H10FNO3/c14-11-2-1-9(12(16)13(17)18)7-10(11)8-3-5-15-6-4-8/h1-7,12,16H,(H,17,18). The molecule has 1 aromatic carbocycles. The molecule has 1 unspecified atom stereocenters. The van der Waals surface area contributed by atoms with Gasteiger partial charge in [0.05, 0.1) is 0 Å². The van der Waals surface area contributed by atoms with Crippen molar-refractivity contribution in [3.05, 3.63) is 54.1 Å². The lowest BCUT2D eigenvalue weighted by Gasteiger charge is -2.09. The van der Waals surface area contributed by atoms with Gasteiger partial charge in [-0.05, 0) is 35.4 Å². The molecular formula is C13H10FNO3. The minimum atomic E-state index is -1.66. The van der Waals surface area contributed by atoms with Crippen molar-refractivity contribution >= 4 is 5.97 Å². The molecule has 0 aliphatic rings.